The van der Waals surface area contributed by atoms with Gasteiger partial charge in [-0.05, 0) is 24.6 Å². The molecule has 0 fully saturated rings. The number of hydrogen-bond donors (Lipinski definition) is 2. The predicted octanol–water partition coefficient (Wildman–Crippen LogP) is 3.20. The average molecular weight is 308 g/mol. The summed E-state index contributed by atoms with van der Waals surface area (Å²) in [4.78, 5) is 4.32. The maximum absolute atomic E-state index is 4.32. The molecular formula is C12H14BrN5. The van der Waals surface area contributed by atoms with Crippen molar-refractivity contribution in [3.05, 3.63) is 34.9 Å². The van der Waals surface area contributed by atoms with Crippen LogP contribution in [0.1, 0.15) is 13.3 Å². The fraction of sp³-hybridized carbons (Fsp3) is 0.250. The number of nitrogens with zero attached hydrogens (tertiary/aromatic N) is 3. The van der Waals surface area contributed by atoms with Crippen molar-refractivity contribution in [1.29, 1.82) is 0 Å². The van der Waals surface area contributed by atoms with Crippen LogP contribution in [-0.4, -0.2) is 21.7 Å². The standard InChI is InChI=1S/C12H14BrN5/c1-2-6-14-11-8-15-18-12(17-11)16-10-5-3-4-9(13)7-10/h3-5,7-8H,2,6H2,1H3,(H2,14,16,17,18). The summed E-state index contributed by atoms with van der Waals surface area (Å²) in [6.45, 7) is 2.97. The number of hydrogen-bond acceptors (Lipinski definition) is 5. The second-order valence-corrected chi connectivity index (χ2v) is 4.64. The topological polar surface area (TPSA) is 62.7 Å². The third kappa shape index (κ3) is 3.66. The van der Waals surface area contributed by atoms with Gasteiger partial charge in [-0.1, -0.05) is 28.9 Å². The summed E-state index contributed by atoms with van der Waals surface area (Å²) in [5, 5.41) is 14.1. The highest BCUT2D eigenvalue weighted by Crippen LogP contribution is 2.18. The van der Waals surface area contributed by atoms with E-state index in [-0.39, 0.29) is 0 Å². The van der Waals surface area contributed by atoms with Crippen LogP contribution in [0.2, 0.25) is 0 Å². The lowest BCUT2D eigenvalue weighted by Crippen LogP contribution is -2.06. The average Bonchev–Trinajstić information content (AvgIpc) is 2.37. The van der Waals surface area contributed by atoms with E-state index in [1.807, 2.05) is 24.3 Å². The molecule has 2 rings (SSSR count). The molecule has 6 heteroatoms. The van der Waals surface area contributed by atoms with Crippen LogP contribution in [-0.2, 0) is 0 Å². The molecule has 1 aromatic heterocycles. The number of anilines is 3. The van der Waals surface area contributed by atoms with Crippen LogP contribution in [0.5, 0.6) is 0 Å². The van der Waals surface area contributed by atoms with E-state index in [2.05, 4.69) is 48.7 Å². The minimum atomic E-state index is 0.481. The Morgan fingerprint density at radius 1 is 1.33 bits per heavy atom. The molecule has 0 bridgehead atoms. The van der Waals surface area contributed by atoms with Gasteiger partial charge in [-0.15, -0.1) is 5.10 Å². The van der Waals surface area contributed by atoms with Gasteiger partial charge in [0.1, 0.15) is 0 Å². The molecule has 0 unspecified atom stereocenters. The fourth-order valence-corrected chi connectivity index (χ4v) is 1.79. The monoisotopic (exact) mass is 307 g/mol. The van der Waals surface area contributed by atoms with Crippen LogP contribution in [0.15, 0.2) is 34.9 Å². The normalized spacial score (nSPS) is 10.1. The summed E-state index contributed by atoms with van der Waals surface area (Å²) in [7, 11) is 0. The SMILES string of the molecule is CCCNc1cnnc(Nc2cccc(Br)c2)n1. The Kier molecular flexibility index (Phi) is 4.46. The van der Waals surface area contributed by atoms with E-state index in [4.69, 9.17) is 0 Å². The smallest absolute Gasteiger partial charge is 0.249 e. The van der Waals surface area contributed by atoms with E-state index in [9.17, 15) is 0 Å². The number of benzene rings is 1. The molecule has 0 aliphatic heterocycles. The van der Waals surface area contributed by atoms with E-state index >= 15 is 0 Å². The van der Waals surface area contributed by atoms with E-state index in [0.717, 1.165) is 28.9 Å². The largest absolute Gasteiger partial charge is 0.369 e. The van der Waals surface area contributed by atoms with Gasteiger partial charge in [0.25, 0.3) is 0 Å². The molecule has 0 spiro atoms. The highest BCUT2D eigenvalue weighted by molar-refractivity contribution is 9.10. The lowest BCUT2D eigenvalue weighted by molar-refractivity contribution is 0.935. The number of aromatic nitrogens is 3. The van der Waals surface area contributed by atoms with Crippen LogP contribution in [0.4, 0.5) is 17.5 Å². The minimum Gasteiger partial charge on any atom is -0.369 e. The molecule has 18 heavy (non-hydrogen) atoms. The Hall–Kier alpha value is -1.69. The van der Waals surface area contributed by atoms with Gasteiger partial charge < -0.3 is 10.6 Å². The molecule has 5 nitrogen and oxygen atoms in total. The molecule has 2 aromatic rings. The van der Waals surface area contributed by atoms with Gasteiger partial charge in [-0.25, -0.2) is 0 Å². The molecule has 0 saturated carbocycles. The summed E-state index contributed by atoms with van der Waals surface area (Å²) in [6.07, 6.45) is 2.65. The van der Waals surface area contributed by atoms with Crippen molar-refractivity contribution >= 4 is 33.4 Å². The highest BCUT2D eigenvalue weighted by Gasteiger charge is 2.01. The second kappa shape index (κ2) is 6.30. The Balaban J connectivity index is 2.09. The quantitative estimate of drug-likeness (QED) is 0.888. The Bertz CT molecular complexity index is 517. The van der Waals surface area contributed by atoms with Crippen molar-refractivity contribution in [3.63, 3.8) is 0 Å². The summed E-state index contributed by atoms with van der Waals surface area (Å²) in [6, 6.07) is 7.80. The molecule has 0 radical (unpaired) electrons. The Labute approximate surface area is 114 Å². The number of rotatable bonds is 5. The van der Waals surface area contributed by atoms with Crippen LogP contribution in [0, 0.1) is 0 Å². The highest BCUT2D eigenvalue weighted by atomic mass is 79.9. The van der Waals surface area contributed by atoms with Gasteiger partial charge >= 0.3 is 0 Å². The van der Waals surface area contributed by atoms with E-state index in [1.165, 1.54) is 0 Å². The molecule has 1 heterocycles. The molecule has 94 valence electrons. The van der Waals surface area contributed by atoms with Crippen molar-refractivity contribution < 1.29 is 0 Å². The fourth-order valence-electron chi connectivity index (χ4n) is 1.39. The third-order valence-corrected chi connectivity index (χ3v) is 2.69. The van der Waals surface area contributed by atoms with Crippen molar-refractivity contribution in [2.24, 2.45) is 0 Å². The van der Waals surface area contributed by atoms with Crippen molar-refractivity contribution in [1.82, 2.24) is 15.2 Å². The van der Waals surface area contributed by atoms with E-state index in [0.29, 0.717) is 5.95 Å². The first kappa shape index (κ1) is 12.8. The van der Waals surface area contributed by atoms with Crippen LogP contribution in [0.3, 0.4) is 0 Å². The zero-order valence-corrected chi connectivity index (χ0v) is 11.6. The summed E-state index contributed by atoms with van der Waals surface area (Å²) >= 11 is 3.42. The van der Waals surface area contributed by atoms with Gasteiger partial charge in [0.2, 0.25) is 5.95 Å². The third-order valence-electron chi connectivity index (χ3n) is 2.20. The molecule has 0 atom stereocenters. The first-order chi connectivity index (χ1) is 8.78. The Morgan fingerprint density at radius 2 is 2.22 bits per heavy atom. The molecule has 0 aliphatic rings. The lowest BCUT2D eigenvalue weighted by Gasteiger charge is -2.06. The van der Waals surface area contributed by atoms with E-state index in [1.54, 1.807) is 6.20 Å². The zero-order valence-electron chi connectivity index (χ0n) is 10.0. The lowest BCUT2D eigenvalue weighted by atomic mass is 10.3. The first-order valence-corrected chi connectivity index (χ1v) is 6.53. The number of halogens is 1. The molecule has 0 saturated heterocycles. The van der Waals surface area contributed by atoms with Crippen molar-refractivity contribution in [2.75, 3.05) is 17.2 Å². The maximum Gasteiger partial charge on any atom is 0.249 e. The molecule has 1 aromatic carbocycles. The van der Waals surface area contributed by atoms with Gasteiger partial charge in [0.15, 0.2) is 5.82 Å². The first-order valence-electron chi connectivity index (χ1n) is 5.74. The molecular weight excluding hydrogens is 294 g/mol. The minimum absolute atomic E-state index is 0.481. The van der Waals surface area contributed by atoms with Gasteiger partial charge in [-0.2, -0.15) is 10.1 Å². The van der Waals surface area contributed by atoms with Gasteiger partial charge in [0, 0.05) is 16.7 Å². The summed E-state index contributed by atoms with van der Waals surface area (Å²) in [5.74, 6) is 1.21. The molecule has 0 amide bonds. The molecule has 0 aliphatic carbocycles. The molecule has 2 N–H and O–H groups in total. The van der Waals surface area contributed by atoms with Crippen molar-refractivity contribution in [3.8, 4) is 0 Å². The van der Waals surface area contributed by atoms with Crippen LogP contribution >= 0.6 is 15.9 Å². The van der Waals surface area contributed by atoms with Crippen molar-refractivity contribution in [2.45, 2.75) is 13.3 Å². The van der Waals surface area contributed by atoms with Gasteiger partial charge in [0.05, 0.1) is 6.20 Å². The number of nitrogens with one attached hydrogen (secondary N) is 2. The van der Waals surface area contributed by atoms with E-state index < -0.39 is 0 Å². The Morgan fingerprint density at radius 3 is 3.00 bits per heavy atom. The summed E-state index contributed by atoms with van der Waals surface area (Å²) in [5.41, 5.74) is 0.916. The zero-order chi connectivity index (χ0) is 12.8. The predicted molar refractivity (Wildman–Crippen MR) is 76.0 cm³/mol. The van der Waals surface area contributed by atoms with Gasteiger partial charge in [-0.3, -0.25) is 0 Å². The van der Waals surface area contributed by atoms with Crippen LogP contribution in [0.25, 0.3) is 0 Å². The second-order valence-electron chi connectivity index (χ2n) is 3.73. The maximum atomic E-state index is 4.32. The van der Waals surface area contributed by atoms with Crippen LogP contribution < -0.4 is 10.6 Å². The summed E-state index contributed by atoms with van der Waals surface area (Å²) < 4.78 is 1.00.